The molecule has 520 valence electrons. The van der Waals surface area contributed by atoms with Crippen LogP contribution in [-0.2, 0) is 41.4 Å². The van der Waals surface area contributed by atoms with Crippen molar-refractivity contribution in [3.05, 3.63) is 79.4 Å². The van der Waals surface area contributed by atoms with Crippen molar-refractivity contribution in [2.75, 3.05) is 7.11 Å². The van der Waals surface area contributed by atoms with E-state index < -0.39 is 62.6 Å². The molecule has 0 saturated carbocycles. The number of methoxy groups -OCH3 is 1. The Balaban J connectivity index is 2.51. The Kier molecular flexibility index (Phi) is 40.5. The van der Waals surface area contributed by atoms with Gasteiger partial charge in [-0.1, -0.05) is 119 Å². The zero-order valence-electron chi connectivity index (χ0n) is 60.0. The van der Waals surface area contributed by atoms with E-state index in [-0.39, 0.29) is 87.9 Å². The fourth-order valence-electron chi connectivity index (χ4n) is 13.1. The van der Waals surface area contributed by atoms with Gasteiger partial charge in [-0.25, -0.2) is 0 Å². The topological polar surface area (TPSA) is 155 Å². The molecule has 3 aromatic carbocycles. The minimum absolute atomic E-state index is 0.0579. The van der Waals surface area contributed by atoms with Crippen LogP contribution in [0.4, 0.5) is 0 Å². The van der Waals surface area contributed by atoms with Crippen LogP contribution in [0.3, 0.4) is 0 Å². The molecule has 0 aromatic heterocycles. The molecule has 0 atom stereocenters. The van der Waals surface area contributed by atoms with Gasteiger partial charge in [-0.2, -0.15) is 0 Å². The molecule has 0 aliphatic carbocycles. The second-order valence-electron chi connectivity index (χ2n) is 28.0. The number of carbonyl (C=O) groups excluding carboxylic acids is 6. The van der Waals surface area contributed by atoms with Crippen molar-refractivity contribution in [1.29, 1.82) is 0 Å². The second kappa shape index (κ2) is 44.7. The molecule has 0 spiro atoms. The minimum Gasteiger partial charge on any atom is -0.0654 e. The molecule has 0 aliphatic rings. The van der Waals surface area contributed by atoms with Gasteiger partial charge in [0.25, 0.3) is 0 Å². The summed E-state index contributed by atoms with van der Waals surface area (Å²) < 4.78 is 44.5. The quantitative estimate of drug-likeness (QED) is 0.0303. The van der Waals surface area contributed by atoms with Crippen molar-refractivity contribution in [1.82, 2.24) is 0 Å². The number of hydrogen-bond acceptors (Lipinski definition) is 10. The fraction of sp³-hybridized carbons (Fsp3) is 0.684. The number of ether oxygens (including phenoxy) is 1. The minimum atomic E-state index is -4.33. The van der Waals surface area contributed by atoms with Crippen molar-refractivity contribution in [3.8, 4) is 5.75 Å². The second-order valence-corrected chi connectivity index (χ2v) is 52.1. The summed E-state index contributed by atoms with van der Waals surface area (Å²) in [5, 5.41) is 1.17. The van der Waals surface area contributed by atoms with Gasteiger partial charge in [0.1, 0.15) is 0 Å². The Bertz CT molecular complexity index is 2530. The first-order valence-corrected chi connectivity index (χ1v) is 52.0. The summed E-state index contributed by atoms with van der Waals surface area (Å²) in [5.74, 6) is 0.658. The standard InChI is InChI=1S/C76H127IO10SSi4/c1-13-19-25-31-40-48-70(78)91(71(79)49-41-32-26-20-14-2,72(80)50-42-33-27-21-15-3)60-58-89(9,10)68-62-66(77(65-46-38-37-39-47-65)87-88(84,85)67-56-54-64(7)55-57-67)63-69(76(68)86-8)90(11,12)59-61-92(73(81)51-43-34-28-22-16-4,74(82)52-44-35-29-23-17-5)75(83)53-45-36-30-24-18-6/h37-39,46-47,54-57,62-63H,13-36,40-45,48-53,58-61H2,1-12H3. The summed E-state index contributed by atoms with van der Waals surface area (Å²) in [4.78, 5) is 92.8. The van der Waals surface area contributed by atoms with Crippen molar-refractivity contribution in [2.45, 2.75) is 335 Å². The molecule has 0 unspecified atom stereocenters. The Morgan fingerprint density at radius 2 is 0.663 bits per heavy atom. The Morgan fingerprint density at radius 1 is 0.380 bits per heavy atom. The maximum atomic E-state index is 15.5. The summed E-state index contributed by atoms with van der Waals surface area (Å²) in [7, 11) is -16.7. The molecule has 0 radical (unpaired) electrons. The van der Waals surface area contributed by atoms with Gasteiger partial charge in [-0.3, -0.25) is 0 Å². The van der Waals surface area contributed by atoms with Crippen LogP contribution in [0.25, 0.3) is 0 Å². The summed E-state index contributed by atoms with van der Waals surface area (Å²) in [6.07, 6.45) is 29.4. The van der Waals surface area contributed by atoms with Gasteiger partial charge in [0.05, 0.1) is 0 Å². The van der Waals surface area contributed by atoms with Gasteiger partial charge >= 0.3 is 458 Å². The van der Waals surface area contributed by atoms with E-state index in [1.807, 2.05) is 37.3 Å². The van der Waals surface area contributed by atoms with Crippen LogP contribution in [0.2, 0.25) is 50.4 Å². The van der Waals surface area contributed by atoms with E-state index in [1.165, 1.54) is 0 Å². The van der Waals surface area contributed by atoms with E-state index in [0.717, 1.165) is 177 Å². The van der Waals surface area contributed by atoms with E-state index in [2.05, 4.69) is 79.9 Å². The first-order chi connectivity index (χ1) is 44.0. The van der Waals surface area contributed by atoms with Gasteiger partial charge in [0.2, 0.25) is 0 Å². The molecule has 3 rings (SSSR count). The molecule has 0 heterocycles. The van der Waals surface area contributed by atoms with E-state index in [9.17, 15) is 8.42 Å². The Morgan fingerprint density at radius 3 is 0.935 bits per heavy atom. The zero-order chi connectivity index (χ0) is 68.1. The smallest absolute Gasteiger partial charge is 0.0654 e. The molecule has 0 fully saturated rings. The predicted molar refractivity (Wildman–Crippen MR) is 406 cm³/mol. The number of halogens is 1. The monoisotopic (exact) mass is 1470 g/mol. The van der Waals surface area contributed by atoms with Crippen LogP contribution in [0, 0.1) is 14.1 Å². The van der Waals surface area contributed by atoms with E-state index >= 15 is 28.8 Å². The molecule has 0 saturated heterocycles. The number of benzene rings is 3. The first kappa shape index (κ1) is 83.2. The van der Waals surface area contributed by atoms with E-state index in [4.69, 9.17) is 7.25 Å². The van der Waals surface area contributed by atoms with Gasteiger partial charge in [-0.05, 0) is 0 Å². The van der Waals surface area contributed by atoms with Crippen LogP contribution in [0.1, 0.15) is 278 Å². The average Bonchev–Trinajstić information content (AvgIpc) is 0.766. The van der Waals surface area contributed by atoms with Gasteiger partial charge in [-0.15, -0.1) is 0 Å². The van der Waals surface area contributed by atoms with Gasteiger partial charge in [0, 0.05) is 0 Å². The van der Waals surface area contributed by atoms with E-state index in [1.54, 1.807) is 31.4 Å². The number of rotatable bonds is 56. The fourth-order valence-corrected chi connectivity index (χ4v) is 39.4. The molecule has 10 nitrogen and oxygen atoms in total. The van der Waals surface area contributed by atoms with E-state index in [0.29, 0.717) is 56.4 Å². The number of carbonyl (C=O) groups is 6. The molecule has 0 bridgehead atoms. The Labute approximate surface area is 572 Å². The summed E-state index contributed by atoms with van der Waals surface area (Å²) in [6, 6.07) is 21.9. The Hall–Kier alpha value is -3.01. The van der Waals surface area contributed by atoms with Crippen molar-refractivity contribution in [3.63, 3.8) is 0 Å². The third kappa shape index (κ3) is 26.4. The van der Waals surface area contributed by atoms with Crippen molar-refractivity contribution in [2.24, 2.45) is 0 Å². The molecule has 16 heteroatoms. The molecule has 92 heavy (non-hydrogen) atoms. The normalized spacial score (nSPS) is 12.5. The third-order valence-electron chi connectivity index (χ3n) is 19.5. The molecular formula is C76H127IO10SSi4. The van der Waals surface area contributed by atoms with Crippen molar-refractivity contribution >= 4 is 105 Å². The molecule has 3 aromatic rings. The number of aryl methyl sites for hydroxylation is 1. The molecular weight excluding hydrogens is 1340 g/mol. The number of unbranched alkanes of at least 4 members (excludes halogenated alkanes) is 24. The average molecular weight is 1470 g/mol. The first-order valence-electron chi connectivity index (χ1n) is 36.7. The van der Waals surface area contributed by atoms with Crippen LogP contribution < -0.4 is 15.1 Å². The number of hydrogen-bond donors (Lipinski definition) is 0. The molecule has 0 amide bonds. The molecule has 0 aliphatic heterocycles. The van der Waals surface area contributed by atoms with Crippen molar-refractivity contribution < 1.29 is 44.4 Å². The SMILES string of the molecule is CCCCCCCC(=O)[Si](CC[Si](C)(C)c1cc(I(OS(=O)(=O)c2ccc(C)cc2)c2ccccc2)cc([Si](C)(C)CC[Si](C(=O)CCCCCCC)(C(=O)CCCCCCC)C(=O)CCCCCCC)c1OC)(C(=O)CCCCCCC)C(=O)CCCCCCC. The van der Waals surface area contributed by atoms with Gasteiger partial charge in [0.15, 0.2) is 0 Å². The van der Waals surface area contributed by atoms with Crippen LogP contribution in [-0.4, -0.2) is 80.3 Å². The maximum absolute atomic E-state index is 15.5. The van der Waals surface area contributed by atoms with Crippen LogP contribution in [0.5, 0.6) is 5.75 Å². The third-order valence-corrected chi connectivity index (χ3v) is 43.6. The predicted octanol–water partition coefficient (Wildman–Crippen LogP) is 20.4. The van der Waals surface area contributed by atoms with Crippen LogP contribution >= 0.6 is 20.2 Å². The summed E-state index contributed by atoms with van der Waals surface area (Å²) in [5.41, 5.74) is 0.914. The zero-order valence-corrected chi connectivity index (χ0v) is 67.0. The molecule has 0 N–H and O–H groups in total. The summed E-state index contributed by atoms with van der Waals surface area (Å²) in [6.45, 7) is 23.9. The summed E-state index contributed by atoms with van der Waals surface area (Å²) >= 11 is -3.50. The van der Waals surface area contributed by atoms with Crippen LogP contribution in [0.15, 0.2) is 71.6 Å². The van der Waals surface area contributed by atoms with Gasteiger partial charge < -0.3 is 0 Å².